The summed E-state index contributed by atoms with van der Waals surface area (Å²) >= 11 is 0. The van der Waals surface area contributed by atoms with Crippen LogP contribution in [0.4, 0.5) is 0 Å². The molecule has 18 heavy (non-hydrogen) atoms. The van der Waals surface area contributed by atoms with Gasteiger partial charge in [-0.3, -0.25) is 14.5 Å². The van der Waals surface area contributed by atoms with Crippen LogP contribution in [0.15, 0.2) is 30.3 Å². The van der Waals surface area contributed by atoms with Gasteiger partial charge in [-0.15, -0.1) is 0 Å². The van der Waals surface area contributed by atoms with Gasteiger partial charge in [-0.1, -0.05) is 30.3 Å². The summed E-state index contributed by atoms with van der Waals surface area (Å²) in [4.78, 5) is 26.0. The van der Waals surface area contributed by atoms with Crippen LogP contribution in [0.3, 0.4) is 0 Å². The molecule has 0 atom stereocenters. The molecule has 0 N–H and O–H groups in total. The number of carbonyl (C=O) groups is 2. The molecule has 94 valence electrons. The van der Waals surface area contributed by atoms with Crippen LogP contribution in [-0.2, 0) is 16.1 Å². The Hall–Kier alpha value is -1.48. The quantitative estimate of drug-likeness (QED) is 0.745. The minimum atomic E-state index is -0.460. The van der Waals surface area contributed by atoms with E-state index in [2.05, 4.69) is 17.0 Å². The van der Waals surface area contributed by atoms with Gasteiger partial charge in [0.05, 0.1) is 0 Å². The number of carbonyl (C=O) groups excluding carboxylic acids is 2. The van der Waals surface area contributed by atoms with E-state index in [0.29, 0.717) is 25.4 Å². The van der Waals surface area contributed by atoms with Crippen molar-refractivity contribution in [3.05, 3.63) is 35.9 Å². The lowest BCUT2D eigenvalue weighted by atomic mass is 9.82. The topological polar surface area (TPSA) is 37.4 Å². The van der Waals surface area contributed by atoms with E-state index in [9.17, 15) is 9.59 Å². The number of benzene rings is 1. The highest BCUT2D eigenvalue weighted by Crippen LogP contribution is 2.31. The van der Waals surface area contributed by atoms with Crippen molar-refractivity contribution in [2.24, 2.45) is 0 Å². The van der Waals surface area contributed by atoms with E-state index < -0.39 is 6.04 Å². The van der Waals surface area contributed by atoms with Gasteiger partial charge in [0.15, 0.2) is 11.6 Å². The van der Waals surface area contributed by atoms with Gasteiger partial charge in [0.2, 0.25) is 0 Å². The second kappa shape index (κ2) is 4.65. The molecule has 0 amide bonds. The van der Waals surface area contributed by atoms with Crippen molar-refractivity contribution in [2.75, 3.05) is 0 Å². The van der Waals surface area contributed by atoms with Crippen molar-refractivity contribution >= 4 is 11.6 Å². The summed E-state index contributed by atoms with van der Waals surface area (Å²) in [7, 11) is 0. The van der Waals surface area contributed by atoms with Gasteiger partial charge in [-0.25, -0.2) is 0 Å². The molecular weight excluding hydrogens is 226 g/mol. The molecule has 2 aliphatic heterocycles. The molecule has 3 nitrogen and oxygen atoms in total. The van der Waals surface area contributed by atoms with Crippen LogP contribution in [0.2, 0.25) is 0 Å². The Morgan fingerprint density at radius 3 is 2.22 bits per heavy atom. The Kier molecular flexibility index (Phi) is 3.00. The molecule has 0 saturated carbocycles. The number of rotatable bonds is 2. The van der Waals surface area contributed by atoms with Crippen LogP contribution >= 0.6 is 0 Å². The Morgan fingerprint density at radius 1 is 1.00 bits per heavy atom. The Morgan fingerprint density at radius 2 is 1.61 bits per heavy atom. The van der Waals surface area contributed by atoms with Gasteiger partial charge >= 0.3 is 0 Å². The maximum atomic E-state index is 12.0. The van der Waals surface area contributed by atoms with Crippen molar-refractivity contribution in [1.82, 2.24) is 4.90 Å². The number of hydrogen-bond donors (Lipinski definition) is 0. The first kappa shape index (κ1) is 11.6. The molecule has 3 rings (SSSR count). The van der Waals surface area contributed by atoms with E-state index in [-0.39, 0.29) is 11.6 Å². The first-order chi connectivity index (χ1) is 8.75. The fourth-order valence-corrected chi connectivity index (χ4v) is 3.14. The molecule has 0 radical (unpaired) electrons. The minimum Gasteiger partial charge on any atom is -0.297 e. The maximum absolute atomic E-state index is 12.0. The molecule has 0 unspecified atom stereocenters. The zero-order chi connectivity index (χ0) is 12.5. The van der Waals surface area contributed by atoms with Gasteiger partial charge in [0.1, 0.15) is 6.04 Å². The molecule has 0 aromatic heterocycles. The molecule has 2 bridgehead atoms. The average molecular weight is 243 g/mol. The van der Waals surface area contributed by atoms with Crippen molar-refractivity contribution < 1.29 is 9.59 Å². The zero-order valence-corrected chi connectivity index (χ0v) is 10.3. The van der Waals surface area contributed by atoms with Crippen LogP contribution in [0.25, 0.3) is 0 Å². The van der Waals surface area contributed by atoms with Crippen LogP contribution in [0.1, 0.15) is 31.2 Å². The molecule has 1 aromatic rings. The first-order valence-corrected chi connectivity index (χ1v) is 6.61. The van der Waals surface area contributed by atoms with Crippen molar-refractivity contribution in [3.63, 3.8) is 0 Å². The fourth-order valence-electron chi connectivity index (χ4n) is 3.14. The zero-order valence-electron chi connectivity index (χ0n) is 10.3. The molecule has 3 heteroatoms. The second-order valence-electron chi connectivity index (χ2n) is 5.22. The Labute approximate surface area is 107 Å². The van der Waals surface area contributed by atoms with Gasteiger partial charge in [0, 0.05) is 25.4 Å². The number of nitrogens with zero attached hydrogens (tertiary/aromatic N) is 1. The number of hydrogen-bond acceptors (Lipinski definition) is 3. The average Bonchev–Trinajstić information content (AvgIpc) is 2.38. The first-order valence-electron chi connectivity index (χ1n) is 6.61. The molecule has 2 aliphatic rings. The van der Waals surface area contributed by atoms with Crippen molar-refractivity contribution in [3.8, 4) is 0 Å². The normalized spacial score (nSPS) is 28.4. The summed E-state index contributed by atoms with van der Waals surface area (Å²) in [5.74, 6) is 0.235. The van der Waals surface area contributed by atoms with Gasteiger partial charge in [0.25, 0.3) is 0 Å². The number of piperidine rings is 2. The predicted octanol–water partition coefficient (Wildman–Crippen LogP) is 1.95. The van der Waals surface area contributed by atoms with Gasteiger partial charge < -0.3 is 0 Å². The standard InChI is InChI=1S/C15H17NO2/c17-13-8-6-12-7-9-14(18)15(13)16(12)10-11-4-2-1-3-5-11/h1-5,12,15H,6-10H2. The third-order valence-corrected chi connectivity index (χ3v) is 4.07. The number of ketones is 2. The Balaban J connectivity index is 1.85. The highest BCUT2D eigenvalue weighted by Gasteiger charge is 2.43. The van der Waals surface area contributed by atoms with Crippen LogP contribution in [-0.4, -0.2) is 28.6 Å². The maximum Gasteiger partial charge on any atom is 0.157 e. The highest BCUT2D eigenvalue weighted by atomic mass is 16.2. The van der Waals surface area contributed by atoms with Crippen LogP contribution in [0, 0.1) is 0 Å². The van der Waals surface area contributed by atoms with E-state index in [4.69, 9.17) is 0 Å². The van der Waals surface area contributed by atoms with E-state index in [0.717, 1.165) is 12.8 Å². The summed E-state index contributed by atoms with van der Waals surface area (Å²) in [6.45, 7) is 0.716. The smallest absolute Gasteiger partial charge is 0.157 e. The van der Waals surface area contributed by atoms with E-state index in [1.54, 1.807) is 0 Å². The van der Waals surface area contributed by atoms with Gasteiger partial charge in [-0.05, 0) is 18.4 Å². The third kappa shape index (κ3) is 1.99. The van der Waals surface area contributed by atoms with Crippen LogP contribution < -0.4 is 0 Å². The molecule has 2 saturated heterocycles. The predicted molar refractivity (Wildman–Crippen MR) is 68.0 cm³/mol. The van der Waals surface area contributed by atoms with Crippen molar-refractivity contribution in [1.29, 1.82) is 0 Å². The van der Waals surface area contributed by atoms with Crippen molar-refractivity contribution in [2.45, 2.75) is 44.3 Å². The number of fused-ring (bicyclic) bond motifs is 2. The summed E-state index contributed by atoms with van der Waals surface area (Å²) in [6.07, 6.45) is 2.98. The molecular formula is C15H17NO2. The number of Topliss-reactive ketones (excluding diaryl/α,β-unsaturated/α-hetero) is 2. The molecule has 2 fully saturated rings. The third-order valence-electron chi connectivity index (χ3n) is 4.07. The lowest BCUT2D eigenvalue weighted by Crippen LogP contribution is -2.58. The summed E-state index contributed by atoms with van der Waals surface area (Å²) in [6, 6.07) is 10.0. The molecule has 2 heterocycles. The van der Waals surface area contributed by atoms with E-state index in [1.807, 2.05) is 18.2 Å². The van der Waals surface area contributed by atoms with Gasteiger partial charge in [-0.2, -0.15) is 0 Å². The highest BCUT2D eigenvalue weighted by molar-refractivity contribution is 6.07. The summed E-state index contributed by atoms with van der Waals surface area (Å²) in [5, 5.41) is 0. The largest absolute Gasteiger partial charge is 0.297 e. The minimum absolute atomic E-state index is 0.117. The molecule has 0 spiro atoms. The lowest BCUT2D eigenvalue weighted by molar-refractivity contribution is -0.143. The van der Waals surface area contributed by atoms with E-state index in [1.165, 1.54) is 5.56 Å². The fraction of sp³-hybridized carbons (Fsp3) is 0.467. The summed E-state index contributed by atoms with van der Waals surface area (Å²) in [5.41, 5.74) is 1.18. The Bertz CT molecular complexity index is 449. The van der Waals surface area contributed by atoms with Crippen LogP contribution in [0.5, 0.6) is 0 Å². The molecule has 1 aromatic carbocycles. The van der Waals surface area contributed by atoms with E-state index >= 15 is 0 Å². The monoisotopic (exact) mass is 243 g/mol. The SMILES string of the molecule is O=C1CCC2CCC(=O)C1N2Cc1ccccc1. The molecule has 0 aliphatic carbocycles. The second-order valence-corrected chi connectivity index (χ2v) is 5.22. The lowest BCUT2D eigenvalue weighted by Gasteiger charge is -2.44. The summed E-state index contributed by atoms with van der Waals surface area (Å²) < 4.78 is 0.